The molecule has 0 aromatic heterocycles. The van der Waals surface area contributed by atoms with Crippen LogP contribution in [0.25, 0.3) is 0 Å². The smallest absolute Gasteiger partial charge is 0.243 e. The first kappa shape index (κ1) is 20.5. The molecule has 1 aromatic rings. The van der Waals surface area contributed by atoms with E-state index in [4.69, 9.17) is 15.2 Å². The van der Waals surface area contributed by atoms with Crippen molar-refractivity contribution in [1.82, 2.24) is 9.62 Å². The molecule has 1 aliphatic heterocycles. The van der Waals surface area contributed by atoms with Gasteiger partial charge in [-0.2, -0.15) is 4.31 Å². The molecule has 146 valence electrons. The van der Waals surface area contributed by atoms with Gasteiger partial charge in [-0.15, -0.1) is 0 Å². The molecule has 0 spiro atoms. The highest BCUT2D eigenvalue weighted by molar-refractivity contribution is 7.89. The molecule has 0 aliphatic carbocycles. The summed E-state index contributed by atoms with van der Waals surface area (Å²) in [5.74, 6) is 0.505. The van der Waals surface area contributed by atoms with Crippen molar-refractivity contribution < 1.29 is 22.7 Å². The molecule has 26 heavy (non-hydrogen) atoms. The predicted octanol–water partition coefficient (Wildman–Crippen LogP) is 0.568. The molecule has 1 fully saturated rings. The van der Waals surface area contributed by atoms with Gasteiger partial charge in [0.2, 0.25) is 15.9 Å². The lowest BCUT2D eigenvalue weighted by atomic mass is 10.1. The van der Waals surface area contributed by atoms with Crippen LogP contribution >= 0.6 is 0 Å². The maximum absolute atomic E-state index is 12.9. The number of sulfonamides is 1. The Labute approximate surface area is 154 Å². The Morgan fingerprint density at radius 1 is 1.27 bits per heavy atom. The summed E-state index contributed by atoms with van der Waals surface area (Å²) < 4.78 is 37.5. The molecule has 1 unspecified atom stereocenters. The van der Waals surface area contributed by atoms with Gasteiger partial charge in [0.25, 0.3) is 0 Å². The molecule has 3 N–H and O–H groups in total. The molecule has 0 bridgehead atoms. The lowest BCUT2D eigenvalue weighted by Crippen LogP contribution is -2.48. The second kappa shape index (κ2) is 8.70. The third-order valence-electron chi connectivity index (χ3n) is 4.59. The molecule has 1 heterocycles. The normalized spacial score (nSPS) is 17.5. The zero-order valence-electron chi connectivity index (χ0n) is 15.4. The standard InChI is InChI=1S/C17H27N3O5S/c1-12(11-18)17(21)19-13-6-8-20(9-7-13)26(22,23)14-4-5-15(24-2)16(10-14)25-3/h4-5,10,12-13H,6-9,11,18H2,1-3H3,(H,19,21). The Morgan fingerprint density at radius 3 is 2.42 bits per heavy atom. The van der Waals surface area contributed by atoms with E-state index in [0.29, 0.717) is 44.0 Å². The summed E-state index contributed by atoms with van der Waals surface area (Å²) in [7, 11) is -0.668. The van der Waals surface area contributed by atoms with Crippen LogP contribution < -0.4 is 20.5 Å². The van der Waals surface area contributed by atoms with Gasteiger partial charge in [-0.1, -0.05) is 6.92 Å². The van der Waals surface area contributed by atoms with Crippen LogP contribution in [-0.4, -0.2) is 58.5 Å². The zero-order chi connectivity index (χ0) is 19.3. The van der Waals surface area contributed by atoms with Crippen LogP contribution in [0.1, 0.15) is 19.8 Å². The van der Waals surface area contributed by atoms with Gasteiger partial charge in [-0.3, -0.25) is 4.79 Å². The van der Waals surface area contributed by atoms with Crippen LogP contribution in [0.3, 0.4) is 0 Å². The van der Waals surface area contributed by atoms with Crippen molar-refractivity contribution in [1.29, 1.82) is 0 Å². The minimum atomic E-state index is -3.63. The Morgan fingerprint density at radius 2 is 1.88 bits per heavy atom. The van der Waals surface area contributed by atoms with Crippen LogP contribution in [0.4, 0.5) is 0 Å². The highest BCUT2D eigenvalue weighted by atomic mass is 32.2. The van der Waals surface area contributed by atoms with Crippen molar-refractivity contribution in [3.8, 4) is 11.5 Å². The molecule has 1 saturated heterocycles. The van der Waals surface area contributed by atoms with Crippen molar-refractivity contribution in [3.63, 3.8) is 0 Å². The van der Waals surface area contributed by atoms with Crippen LogP contribution in [-0.2, 0) is 14.8 Å². The van der Waals surface area contributed by atoms with Gasteiger partial charge in [0.1, 0.15) is 0 Å². The number of carbonyl (C=O) groups excluding carboxylic acids is 1. The number of rotatable bonds is 7. The van der Waals surface area contributed by atoms with E-state index < -0.39 is 10.0 Å². The quantitative estimate of drug-likeness (QED) is 0.710. The molecule has 8 nitrogen and oxygen atoms in total. The van der Waals surface area contributed by atoms with E-state index in [1.54, 1.807) is 13.0 Å². The SMILES string of the molecule is COc1ccc(S(=O)(=O)N2CCC(NC(=O)C(C)CN)CC2)cc1OC. The minimum absolute atomic E-state index is 0.0339. The fraction of sp³-hybridized carbons (Fsp3) is 0.588. The van der Waals surface area contributed by atoms with Gasteiger partial charge >= 0.3 is 0 Å². The van der Waals surface area contributed by atoms with E-state index in [2.05, 4.69) is 5.32 Å². The fourth-order valence-electron chi connectivity index (χ4n) is 2.82. The molecule has 0 saturated carbocycles. The number of hydrogen-bond donors (Lipinski definition) is 2. The number of piperidine rings is 1. The number of carbonyl (C=O) groups is 1. The molecular formula is C17H27N3O5S. The van der Waals surface area contributed by atoms with E-state index >= 15 is 0 Å². The molecule has 1 aliphatic rings. The molecular weight excluding hydrogens is 358 g/mol. The average Bonchev–Trinajstić information content (AvgIpc) is 2.66. The van der Waals surface area contributed by atoms with Crippen LogP contribution in [0, 0.1) is 5.92 Å². The van der Waals surface area contributed by atoms with Crippen LogP contribution in [0.15, 0.2) is 23.1 Å². The Kier molecular flexibility index (Phi) is 6.85. The second-order valence-corrected chi connectivity index (χ2v) is 8.28. The number of amides is 1. The molecule has 2 rings (SSSR count). The summed E-state index contributed by atoms with van der Waals surface area (Å²) in [6.45, 7) is 2.75. The first-order valence-corrected chi connectivity index (χ1v) is 10.00. The summed E-state index contributed by atoms with van der Waals surface area (Å²) in [4.78, 5) is 12.1. The lowest BCUT2D eigenvalue weighted by molar-refractivity contribution is -0.125. The molecule has 1 atom stereocenters. The number of nitrogens with two attached hydrogens (primary N) is 1. The van der Waals surface area contributed by atoms with Crippen molar-refractivity contribution in [2.75, 3.05) is 33.9 Å². The molecule has 9 heteroatoms. The Hall–Kier alpha value is -1.84. The second-order valence-electron chi connectivity index (χ2n) is 6.34. The predicted molar refractivity (Wildman–Crippen MR) is 97.7 cm³/mol. The maximum atomic E-state index is 12.9. The summed E-state index contributed by atoms with van der Waals surface area (Å²) >= 11 is 0. The third-order valence-corrected chi connectivity index (χ3v) is 6.49. The number of ether oxygens (including phenoxy) is 2. The zero-order valence-corrected chi connectivity index (χ0v) is 16.2. The number of methoxy groups -OCH3 is 2. The van der Waals surface area contributed by atoms with E-state index in [0.717, 1.165) is 0 Å². The first-order valence-electron chi connectivity index (χ1n) is 8.56. The Bertz CT molecular complexity index is 730. The topological polar surface area (TPSA) is 111 Å². The average molecular weight is 385 g/mol. The summed E-state index contributed by atoms with van der Waals surface area (Å²) in [5, 5.41) is 2.94. The van der Waals surface area contributed by atoms with Crippen LogP contribution in [0.2, 0.25) is 0 Å². The largest absolute Gasteiger partial charge is 0.493 e. The number of benzene rings is 1. The van der Waals surface area contributed by atoms with Gasteiger partial charge in [-0.25, -0.2) is 8.42 Å². The third kappa shape index (κ3) is 4.46. The van der Waals surface area contributed by atoms with E-state index in [9.17, 15) is 13.2 Å². The van der Waals surface area contributed by atoms with Crippen LogP contribution in [0.5, 0.6) is 11.5 Å². The van der Waals surface area contributed by atoms with Crippen molar-refractivity contribution in [3.05, 3.63) is 18.2 Å². The number of hydrogen-bond acceptors (Lipinski definition) is 6. The highest BCUT2D eigenvalue weighted by Gasteiger charge is 2.31. The maximum Gasteiger partial charge on any atom is 0.243 e. The summed E-state index contributed by atoms with van der Waals surface area (Å²) in [6, 6.07) is 4.51. The lowest BCUT2D eigenvalue weighted by Gasteiger charge is -2.32. The van der Waals surface area contributed by atoms with Crippen molar-refractivity contribution in [2.45, 2.75) is 30.7 Å². The summed E-state index contributed by atoms with van der Waals surface area (Å²) in [5.41, 5.74) is 5.50. The van der Waals surface area contributed by atoms with Crippen molar-refractivity contribution >= 4 is 15.9 Å². The number of nitrogens with zero attached hydrogens (tertiary/aromatic N) is 1. The van der Waals surface area contributed by atoms with Gasteiger partial charge in [-0.05, 0) is 25.0 Å². The Balaban J connectivity index is 2.05. The van der Waals surface area contributed by atoms with Gasteiger partial charge in [0.15, 0.2) is 11.5 Å². The summed E-state index contributed by atoms with van der Waals surface area (Å²) in [6.07, 6.45) is 1.13. The van der Waals surface area contributed by atoms with E-state index in [-0.39, 0.29) is 22.8 Å². The minimum Gasteiger partial charge on any atom is -0.493 e. The molecule has 1 aromatic carbocycles. The van der Waals surface area contributed by atoms with Crippen molar-refractivity contribution in [2.24, 2.45) is 11.7 Å². The van der Waals surface area contributed by atoms with Gasteiger partial charge < -0.3 is 20.5 Å². The molecule has 1 amide bonds. The first-order chi connectivity index (χ1) is 12.3. The molecule has 0 radical (unpaired) electrons. The van der Waals surface area contributed by atoms with Gasteiger partial charge in [0, 0.05) is 37.7 Å². The number of nitrogens with one attached hydrogen (secondary N) is 1. The van der Waals surface area contributed by atoms with E-state index in [1.165, 1.54) is 30.7 Å². The monoisotopic (exact) mass is 385 g/mol. The fourth-order valence-corrected chi connectivity index (χ4v) is 4.30. The van der Waals surface area contributed by atoms with E-state index in [1.807, 2.05) is 0 Å². The van der Waals surface area contributed by atoms with Gasteiger partial charge in [0.05, 0.1) is 19.1 Å². The highest BCUT2D eigenvalue weighted by Crippen LogP contribution is 2.31.